The first-order valence-corrected chi connectivity index (χ1v) is 8.44. The first kappa shape index (κ1) is 19.2. The fourth-order valence-electron chi connectivity index (χ4n) is 2.81. The Balaban J connectivity index is 0.00000225. The molecule has 0 spiro atoms. The third-order valence-corrected chi connectivity index (χ3v) is 4.38. The zero-order valence-corrected chi connectivity index (χ0v) is 15.3. The lowest BCUT2D eigenvalue weighted by molar-refractivity contribution is 0.0954. The van der Waals surface area contributed by atoms with E-state index in [-0.39, 0.29) is 18.3 Å². The summed E-state index contributed by atoms with van der Waals surface area (Å²) >= 11 is 0. The Labute approximate surface area is 155 Å². The lowest BCUT2D eigenvalue weighted by Crippen LogP contribution is -2.44. The van der Waals surface area contributed by atoms with Crippen LogP contribution in [0.3, 0.4) is 0 Å². The van der Waals surface area contributed by atoms with Crippen LogP contribution >= 0.6 is 12.4 Å². The molecule has 1 aromatic heterocycles. The Bertz CT molecular complexity index is 655. The maximum atomic E-state index is 12.2. The molecule has 25 heavy (non-hydrogen) atoms. The second-order valence-electron chi connectivity index (χ2n) is 6.19. The molecule has 1 aliphatic heterocycles. The normalized spacial score (nSPS) is 14.7. The van der Waals surface area contributed by atoms with Gasteiger partial charge in [0, 0.05) is 38.9 Å². The summed E-state index contributed by atoms with van der Waals surface area (Å²) in [5, 5.41) is 2.95. The highest BCUT2D eigenvalue weighted by atomic mass is 35.5. The van der Waals surface area contributed by atoms with Crippen LogP contribution in [0.1, 0.15) is 15.9 Å². The van der Waals surface area contributed by atoms with Crippen LogP contribution in [0.4, 0.5) is 5.82 Å². The Kier molecular flexibility index (Phi) is 7.22. The average Bonchev–Trinajstić information content (AvgIpc) is 2.63. The molecule has 0 saturated carbocycles. The second-order valence-corrected chi connectivity index (χ2v) is 6.19. The summed E-state index contributed by atoms with van der Waals surface area (Å²) in [7, 11) is 2.13. The number of hydrogen-bond donors (Lipinski definition) is 1. The van der Waals surface area contributed by atoms with E-state index >= 15 is 0 Å². The van der Waals surface area contributed by atoms with E-state index < -0.39 is 0 Å². The van der Waals surface area contributed by atoms with Gasteiger partial charge < -0.3 is 15.1 Å². The first-order valence-electron chi connectivity index (χ1n) is 8.44. The number of amides is 1. The van der Waals surface area contributed by atoms with Gasteiger partial charge in [0.2, 0.25) is 0 Å². The third-order valence-electron chi connectivity index (χ3n) is 4.38. The van der Waals surface area contributed by atoms with Crippen LogP contribution in [0.2, 0.25) is 0 Å². The van der Waals surface area contributed by atoms with Gasteiger partial charge in [-0.3, -0.25) is 4.79 Å². The van der Waals surface area contributed by atoms with Crippen molar-refractivity contribution in [3.05, 3.63) is 59.8 Å². The Hall–Kier alpha value is -2.11. The monoisotopic (exact) mass is 360 g/mol. The number of nitrogens with zero attached hydrogens (tertiary/aromatic N) is 3. The summed E-state index contributed by atoms with van der Waals surface area (Å²) in [6, 6.07) is 14.0. The third kappa shape index (κ3) is 5.44. The number of carbonyl (C=O) groups excluding carboxylic acids is 1. The van der Waals surface area contributed by atoms with Gasteiger partial charge in [0.15, 0.2) is 0 Å². The van der Waals surface area contributed by atoms with Crippen LogP contribution in [0.5, 0.6) is 0 Å². The van der Waals surface area contributed by atoms with Crippen molar-refractivity contribution in [3.8, 4) is 0 Å². The lowest BCUT2D eigenvalue weighted by atomic mass is 10.1. The number of rotatable bonds is 5. The molecule has 5 nitrogen and oxygen atoms in total. The van der Waals surface area contributed by atoms with Gasteiger partial charge in [-0.25, -0.2) is 4.98 Å². The average molecular weight is 361 g/mol. The largest absolute Gasteiger partial charge is 0.354 e. The van der Waals surface area contributed by atoms with Gasteiger partial charge in [0.1, 0.15) is 5.82 Å². The highest BCUT2D eigenvalue weighted by molar-refractivity contribution is 5.94. The summed E-state index contributed by atoms with van der Waals surface area (Å²) in [4.78, 5) is 21.2. The van der Waals surface area contributed by atoms with Gasteiger partial charge in [0.05, 0.1) is 5.56 Å². The molecular formula is C19H25ClN4O. The molecule has 1 fully saturated rings. The van der Waals surface area contributed by atoms with Crippen LogP contribution in [-0.2, 0) is 6.42 Å². The number of carbonyl (C=O) groups is 1. The van der Waals surface area contributed by atoms with Crippen LogP contribution in [-0.4, -0.2) is 55.6 Å². The number of anilines is 1. The fraction of sp³-hybridized carbons (Fsp3) is 0.368. The highest BCUT2D eigenvalue weighted by Gasteiger charge is 2.15. The van der Waals surface area contributed by atoms with Crippen molar-refractivity contribution in [2.45, 2.75) is 6.42 Å². The molecule has 134 valence electrons. The van der Waals surface area contributed by atoms with Crippen molar-refractivity contribution in [1.82, 2.24) is 15.2 Å². The first-order chi connectivity index (χ1) is 11.7. The summed E-state index contributed by atoms with van der Waals surface area (Å²) in [6.07, 6.45) is 2.50. The minimum Gasteiger partial charge on any atom is -0.354 e. The van der Waals surface area contributed by atoms with E-state index in [0.717, 1.165) is 38.4 Å². The van der Waals surface area contributed by atoms with E-state index in [1.54, 1.807) is 6.20 Å². The number of benzene rings is 1. The SMILES string of the molecule is CN1CCN(c2ccc(C(=O)NCCc3ccccc3)cn2)CC1.Cl. The number of pyridine rings is 1. The molecule has 0 radical (unpaired) electrons. The van der Waals surface area contributed by atoms with E-state index in [0.29, 0.717) is 12.1 Å². The van der Waals surface area contributed by atoms with Crippen molar-refractivity contribution >= 4 is 24.1 Å². The van der Waals surface area contributed by atoms with Crippen molar-refractivity contribution < 1.29 is 4.79 Å². The molecule has 0 atom stereocenters. The molecule has 2 aromatic rings. The van der Waals surface area contributed by atoms with E-state index in [9.17, 15) is 4.79 Å². The van der Waals surface area contributed by atoms with Crippen molar-refractivity contribution in [3.63, 3.8) is 0 Å². The van der Waals surface area contributed by atoms with Crippen LogP contribution < -0.4 is 10.2 Å². The molecule has 1 aliphatic rings. The number of halogens is 1. The molecule has 2 heterocycles. The molecule has 0 unspecified atom stereocenters. The van der Waals surface area contributed by atoms with Crippen molar-refractivity contribution in [2.24, 2.45) is 0 Å². The topological polar surface area (TPSA) is 48.5 Å². The molecular weight excluding hydrogens is 336 g/mol. The minimum atomic E-state index is -0.0663. The zero-order chi connectivity index (χ0) is 16.8. The second kappa shape index (κ2) is 9.39. The van der Waals surface area contributed by atoms with E-state index in [4.69, 9.17) is 0 Å². The highest BCUT2D eigenvalue weighted by Crippen LogP contribution is 2.13. The predicted octanol–water partition coefficient (Wildman–Crippen LogP) is 2.23. The maximum absolute atomic E-state index is 12.2. The predicted molar refractivity (Wildman–Crippen MR) is 104 cm³/mol. The van der Waals surface area contributed by atoms with E-state index in [1.165, 1.54) is 5.56 Å². The van der Waals surface area contributed by atoms with Crippen LogP contribution in [0.25, 0.3) is 0 Å². The van der Waals surface area contributed by atoms with Crippen LogP contribution in [0.15, 0.2) is 48.7 Å². The zero-order valence-electron chi connectivity index (χ0n) is 14.5. The Morgan fingerprint density at radius 3 is 2.44 bits per heavy atom. The van der Waals surface area contributed by atoms with Gasteiger partial charge >= 0.3 is 0 Å². The van der Waals surface area contributed by atoms with Gasteiger partial charge in [-0.05, 0) is 31.2 Å². The molecule has 0 bridgehead atoms. The lowest BCUT2D eigenvalue weighted by Gasteiger charge is -2.33. The molecule has 1 N–H and O–H groups in total. The summed E-state index contributed by atoms with van der Waals surface area (Å²) in [5.41, 5.74) is 1.84. The summed E-state index contributed by atoms with van der Waals surface area (Å²) in [5.74, 6) is 0.882. The molecule has 1 amide bonds. The number of piperazine rings is 1. The number of aromatic nitrogens is 1. The van der Waals surface area contributed by atoms with Gasteiger partial charge in [-0.1, -0.05) is 30.3 Å². The maximum Gasteiger partial charge on any atom is 0.252 e. The van der Waals surface area contributed by atoms with Gasteiger partial charge in [-0.2, -0.15) is 0 Å². The minimum absolute atomic E-state index is 0. The van der Waals surface area contributed by atoms with E-state index in [2.05, 4.69) is 39.3 Å². The summed E-state index contributed by atoms with van der Waals surface area (Å²) < 4.78 is 0. The van der Waals surface area contributed by atoms with Gasteiger partial charge in [0.25, 0.3) is 5.91 Å². The molecule has 0 aliphatic carbocycles. The fourth-order valence-corrected chi connectivity index (χ4v) is 2.81. The van der Waals surface area contributed by atoms with Gasteiger partial charge in [-0.15, -0.1) is 12.4 Å². The quantitative estimate of drug-likeness (QED) is 0.888. The number of hydrogen-bond acceptors (Lipinski definition) is 4. The molecule has 3 rings (SSSR count). The Morgan fingerprint density at radius 1 is 1.08 bits per heavy atom. The smallest absolute Gasteiger partial charge is 0.252 e. The summed E-state index contributed by atoms with van der Waals surface area (Å²) in [6.45, 7) is 4.67. The standard InChI is InChI=1S/C19H24N4O.ClH/c1-22-11-13-23(14-12-22)18-8-7-17(15-21-18)19(24)20-10-9-16-5-3-2-4-6-16;/h2-8,15H,9-14H2,1H3,(H,20,24);1H. The van der Waals surface area contributed by atoms with Crippen molar-refractivity contribution in [1.29, 1.82) is 0 Å². The van der Waals surface area contributed by atoms with Crippen molar-refractivity contribution in [2.75, 3.05) is 44.7 Å². The number of likely N-dealkylation sites (N-methyl/N-ethyl adjacent to an activating group) is 1. The van der Waals surface area contributed by atoms with E-state index in [1.807, 2.05) is 30.3 Å². The Morgan fingerprint density at radius 2 is 1.80 bits per heavy atom. The number of nitrogens with one attached hydrogen (secondary N) is 1. The molecule has 1 aromatic carbocycles. The molecule has 1 saturated heterocycles. The van der Waals surface area contributed by atoms with Crippen LogP contribution in [0, 0.1) is 0 Å². The molecule has 6 heteroatoms.